The zero-order valence-corrected chi connectivity index (χ0v) is 19.4. The first-order chi connectivity index (χ1) is 16.2. The Morgan fingerprint density at radius 3 is 2.55 bits per heavy atom. The van der Waals surface area contributed by atoms with Gasteiger partial charge in [0.05, 0.1) is 6.61 Å². The fraction of sp³-hybridized carbons (Fsp3) is 0.519. The van der Waals surface area contributed by atoms with Crippen LogP contribution in [0.15, 0.2) is 30.3 Å². The SMILES string of the molecule is C1CCOC1.CN1C(=O)C2(COc3cc4c(cc32)CCO4)c2c(CN3CCCC3)cccc21. The Morgan fingerprint density at radius 2 is 1.79 bits per heavy atom. The number of anilines is 1. The van der Waals surface area contributed by atoms with Gasteiger partial charge in [0.2, 0.25) is 5.91 Å². The van der Waals surface area contributed by atoms with E-state index in [0.717, 1.165) is 67.6 Å². The lowest BCUT2D eigenvalue weighted by Crippen LogP contribution is -2.41. The van der Waals surface area contributed by atoms with Crippen molar-refractivity contribution in [1.82, 2.24) is 4.90 Å². The van der Waals surface area contributed by atoms with Crippen molar-refractivity contribution >= 4 is 11.6 Å². The molecule has 5 aliphatic rings. The van der Waals surface area contributed by atoms with Gasteiger partial charge in [0.15, 0.2) is 0 Å². The summed E-state index contributed by atoms with van der Waals surface area (Å²) in [6.07, 6.45) is 5.97. The molecule has 1 atom stereocenters. The van der Waals surface area contributed by atoms with Gasteiger partial charge in [-0.25, -0.2) is 0 Å². The van der Waals surface area contributed by atoms with Crippen LogP contribution in [0.3, 0.4) is 0 Å². The number of benzene rings is 2. The molecule has 6 heteroatoms. The molecular weight excluding hydrogens is 416 g/mol. The van der Waals surface area contributed by atoms with Gasteiger partial charge in [-0.2, -0.15) is 0 Å². The van der Waals surface area contributed by atoms with Crippen molar-refractivity contribution in [2.75, 3.05) is 51.5 Å². The van der Waals surface area contributed by atoms with E-state index < -0.39 is 5.41 Å². The maximum absolute atomic E-state index is 13.6. The molecule has 174 valence electrons. The number of carbonyl (C=O) groups excluding carboxylic acids is 1. The number of hydrogen-bond donors (Lipinski definition) is 0. The van der Waals surface area contributed by atoms with Gasteiger partial charge in [-0.1, -0.05) is 12.1 Å². The van der Waals surface area contributed by atoms with Gasteiger partial charge in [0, 0.05) is 56.1 Å². The number of hydrogen-bond acceptors (Lipinski definition) is 5. The van der Waals surface area contributed by atoms with E-state index in [1.807, 2.05) is 18.0 Å². The molecule has 0 saturated carbocycles. The van der Waals surface area contributed by atoms with Crippen LogP contribution in [0, 0.1) is 0 Å². The van der Waals surface area contributed by atoms with Gasteiger partial charge in [0.1, 0.15) is 23.5 Å². The molecule has 0 radical (unpaired) electrons. The molecule has 6 nitrogen and oxygen atoms in total. The number of likely N-dealkylation sites (tertiary alicyclic amines) is 1. The molecule has 5 aliphatic heterocycles. The number of amides is 1. The van der Waals surface area contributed by atoms with Crippen LogP contribution in [-0.4, -0.2) is 57.4 Å². The third-order valence-electron chi connectivity index (χ3n) is 7.70. The minimum atomic E-state index is -0.729. The molecule has 1 amide bonds. The molecule has 0 aromatic heterocycles. The average molecular weight is 449 g/mol. The Bertz CT molecular complexity index is 1070. The molecule has 2 aromatic carbocycles. The van der Waals surface area contributed by atoms with Crippen LogP contribution in [-0.2, 0) is 27.9 Å². The van der Waals surface area contributed by atoms with E-state index >= 15 is 0 Å². The van der Waals surface area contributed by atoms with Crippen LogP contribution in [0.25, 0.3) is 0 Å². The number of likely N-dealkylation sites (N-methyl/N-ethyl adjacent to an activating group) is 1. The highest BCUT2D eigenvalue weighted by Crippen LogP contribution is 2.54. The summed E-state index contributed by atoms with van der Waals surface area (Å²) < 4.78 is 16.8. The molecule has 1 spiro atoms. The monoisotopic (exact) mass is 448 g/mol. The lowest BCUT2D eigenvalue weighted by atomic mass is 9.74. The maximum Gasteiger partial charge on any atom is 0.245 e. The second-order valence-corrected chi connectivity index (χ2v) is 9.73. The molecular formula is C27H32N2O4. The van der Waals surface area contributed by atoms with Crippen LogP contribution in [0.4, 0.5) is 5.69 Å². The summed E-state index contributed by atoms with van der Waals surface area (Å²) >= 11 is 0. The molecule has 2 fully saturated rings. The zero-order valence-electron chi connectivity index (χ0n) is 19.4. The highest BCUT2D eigenvalue weighted by atomic mass is 16.5. The number of ether oxygens (including phenoxy) is 3. The summed E-state index contributed by atoms with van der Waals surface area (Å²) in [7, 11) is 1.89. The summed E-state index contributed by atoms with van der Waals surface area (Å²) in [6, 6.07) is 10.5. The molecule has 0 N–H and O–H groups in total. The number of carbonyl (C=O) groups is 1. The lowest BCUT2D eigenvalue weighted by molar-refractivity contribution is -0.121. The molecule has 2 aromatic rings. The molecule has 2 saturated heterocycles. The maximum atomic E-state index is 13.6. The van der Waals surface area contributed by atoms with Crippen molar-refractivity contribution in [3.8, 4) is 11.5 Å². The molecule has 0 aliphatic carbocycles. The largest absolute Gasteiger partial charge is 0.493 e. The third-order valence-corrected chi connectivity index (χ3v) is 7.70. The Balaban J connectivity index is 0.000000368. The van der Waals surface area contributed by atoms with Gasteiger partial charge in [0.25, 0.3) is 0 Å². The molecule has 0 bridgehead atoms. The predicted octanol–water partition coefficient (Wildman–Crippen LogP) is 3.67. The quantitative estimate of drug-likeness (QED) is 0.702. The van der Waals surface area contributed by atoms with Crippen LogP contribution in [0.2, 0.25) is 0 Å². The highest BCUT2D eigenvalue weighted by Gasteiger charge is 2.57. The van der Waals surface area contributed by atoms with Crippen molar-refractivity contribution in [2.45, 2.75) is 44.1 Å². The van der Waals surface area contributed by atoms with Gasteiger partial charge in [-0.15, -0.1) is 0 Å². The van der Waals surface area contributed by atoms with Gasteiger partial charge in [-0.3, -0.25) is 9.69 Å². The minimum Gasteiger partial charge on any atom is -0.493 e. The summed E-state index contributed by atoms with van der Waals surface area (Å²) in [5.74, 6) is 1.82. The average Bonchev–Trinajstić information content (AvgIpc) is 3.65. The van der Waals surface area contributed by atoms with E-state index in [4.69, 9.17) is 14.2 Å². The Kier molecular flexibility index (Phi) is 5.30. The van der Waals surface area contributed by atoms with E-state index in [1.165, 1.54) is 36.8 Å². The summed E-state index contributed by atoms with van der Waals surface area (Å²) in [6.45, 7) is 6.25. The number of fused-ring (bicyclic) bond motifs is 5. The predicted molar refractivity (Wildman–Crippen MR) is 126 cm³/mol. The van der Waals surface area contributed by atoms with Crippen molar-refractivity contribution in [1.29, 1.82) is 0 Å². The molecule has 33 heavy (non-hydrogen) atoms. The molecule has 7 rings (SSSR count). The molecule has 1 unspecified atom stereocenters. The topological polar surface area (TPSA) is 51.2 Å². The number of rotatable bonds is 2. The molecule has 5 heterocycles. The first kappa shape index (κ1) is 21.0. The van der Waals surface area contributed by atoms with Crippen molar-refractivity contribution in [2.24, 2.45) is 0 Å². The summed E-state index contributed by atoms with van der Waals surface area (Å²) in [4.78, 5) is 18.0. The Morgan fingerprint density at radius 1 is 0.970 bits per heavy atom. The first-order valence-corrected chi connectivity index (χ1v) is 12.3. The standard InChI is InChI=1S/C23H24N2O3.C4H8O/c1-24-18-6-4-5-16(13-25-8-2-3-9-25)21(18)23(22(24)26)14-28-20-12-19-15(7-10-27-19)11-17(20)23;1-2-4-5-3-1/h4-6,11-12H,2-3,7-10,13-14H2,1H3;1-4H2. The summed E-state index contributed by atoms with van der Waals surface area (Å²) in [5.41, 5.74) is 4.89. The van der Waals surface area contributed by atoms with E-state index in [2.05, 4.69) is 29.2 Å². The first-order valence-electron chi connectivity index (χ1n) is 12.3. The van der Waals surface area contributed by atoms with E-state index in [-0.39, 0.29) is 5.91 Å². The van der Waals surface area contributed by atoms with Crippen LogP contribution in [0.1, 0.15) is 47.9 Å². The Hall–Kier alpha value is -2.57. The second kappa shape index (κ2) is 8.33. The minimum absolute atomic E-state index is 0.119. The highest BCUT2D eigenvalue weighted by molar-refractivity contribution is 6.11. The second-order valence-electron chi connectivity index (χ2n) is 9.73. The van der Waals surface area contributed by atoms with Crippen LogP contribution in [0.5, 0.6) is 11.5 Å². The zero-order chi connectivity index (χ0) is 22.4. The normalized spacial score (nSPS) is 24.9. The van der Waals surface area contributed by atoms with Crippen molar-refractivity contribution in [3.05, 3.63) is 52.6 Å². The lowest BCUT2D eigenvalue weighted by Gasteiger charge is -2.25. The van der Waals surface area contributed by atoms with Crippen LogP contribution >= 0.6 is 0 Å². The van der Waals surface area contributed by atoms with Crippen molar-refractivity contribution in [3.63, 3.8) is 0 Å². The van der Waals surface area contributed by atoms with E-state index in [9.17, 15) is 4.79 Å². The fourth-order valence-electron chi connectivity index (χ4n) is 5.99. The summed E-state index contributed by atoms with van der Waals surface area (Å²) in [5, 5.41) is 0. The number of nitrogens with zero attached hydrogens (tertiary/aromatic N) is 2. The van der Waals surface area contributed by atoms with E-state index in [1.54, 1.807) is 0 Å². The van der Waals surface area contributed by atoms with Gasteiger partial charge in [-0.05, 0) is 62.0 Å². The van der Waals surface area contributed by atoms with Crippen LogP contribution < -0.4 is 14.4 Å². The smallest absolute Gasteiger partial charge is 0.245 e. The fourth-order valence-corrected chi connectivity index (χ4v) is 5.99. The van der Waals surface area contributed by atoms with Crippen molar-refractivity contribution < 1.29 is 19.0 Å². The van der Waals surface area contributed by atoms with E-state index in [0.29, 0.717) is 13.2 Å². The van der Waals surface area contributed by atoms with Gasteiger partial charge < -0.3 is 19.1 Å². The Labute approximate surface area is 195 Å². The third kappa shape index (κ3) is 3.34. The van der Waals surface area contributed by atoms with Gasteiger partial charge >= 0.3 is 0 Å².